The summed E-state index contributed by atoms with van der Waals surface area (Å²) in [5.74, 6) is -1.41. The summed E-state index contributed by atoms with van der Waals surface area (Å²) in [4.78, 5) is 40.2. The van der Waals surface area contributed by atoms with Crippen LogP contribution < -0.4 is 11.3 Å². The molecule has 8 heteroatoms. The van der Waals surface area contributed by atoms with Crippen molar-refractivity contribution in [2.45, 2.75) is 33.2 Å². The lowest BCUT2D eigenvalue weighted by molar-refractivity contribution is -0.141. The maximum atomic E-state index is 12.6. The largest absolute Gasteiger partial charge is 0.480 e. The normalized spacial score (nSPS) is 12.5. The molecule has 0 aliphatic carbocycles. The molecule has 112 valence electrons. The monoisotopic (exact) mass is 309 g/mol. The number of fused-ring (bicyclic) bond motifs is 1. The summed E-state index contributed by atoms with van der Waals surface area (Å²) in [6, 6.07) is -0.981. The molecule has 0 bridgehead atoms. The third-order valence-electron chi connectivity index (χ3n) is 3.38. The van der Waals surface area contributed by atoms with Gasteiger partial charge < -0.3 is 10.8 Å². The lowest BCUT2D eigenvalue weighted by Crippen LogP contribution is -2.32. The molecule has 7 nitrogen and oxygen atoms in total. The van der Waals surface area contributed by atoms with Crippen molar-refractivity contribution in [1.82, 2.24) is 9.55 Å². The fourth-order valence-electron chi connectivity index (χ4n) is 2.37. The Hall–Kier alpha value is -2.22. The third kappa shape index (κ3) is 2.31. The van der Waals surface area contributed by atoms with Crippen LogP contribution in [0.3, 0.4) is 0 Å². The summed E-state index contributed by atoms with van der Waals surface area (Å²) in [5.41, 5.74) is 5.28. The zero-order valence-electron chi connectivity index (χ0n) is 11.8. The average Bonchev–Trinajstić information content (AvgIpc) is 2.71. The second kappa shape index (κ2) is 5.28. The standard InChI is InChI=1S/C13H15N3O4S/c1-4-7(13(19)20)16-6(3)15-11-8(12(16)18)5(2)9(21-11)10(14)17/h7H,4H2,1-3H3,(H2,14,17)(H,19,20). The van der Waals surface area contributed by atoms with Crippen LogP contribution in [0.2, 0.25) is 0 Å². The van der Waals surface area contributed by atoms with Crippen molar-refractivity contribution >= 4 is 33.4 Å². The fraction of sp³-hybridized carbons (Fsp3) is 0.385. The van der Waals surface area contributed by atoms with Crippen molar-refractivity contribution in [2.75, 3.05) is 0 Å². The highest BCUT2D eigenvalue weighted by atomic mass is 32.1. The third-order valence-corrected chi connectivity index (χ3v) is 4.58. The molecule has 0 aliphatic rings. The number of rotatable bonds is 4. The number of nitrogens with two attached hydrogens (primary N) is 1. The number of hydrogen-bond acceptors (Lipinski definition) is 5. The Morgan fingerprint density at radius 2 is 2.05 bits per heavy atom. The van der Waals surface area contributed by atoms with E-state index in [-0.39, 0.29) is 16.7 Å². The Kier molecular flexibility index (Phi) is 3.82. The quantitative estimate of drug-likeness (QED) is 0.880. The summed E-state index contributed by atoms with van der Waals surface area (Å²) < 4.78 is 1.16. The average molecular weight is 309 g/mol. The number of carboxylic acid groups (broad SMARTS) is 1. The van der Waals surface area contributed by atoms with Crippen molar-refractivity contribution in [2.24, 2.45) is 5.73 Å². The van der Waals surface area contributed by atoms with Crippen molar-refractivity contribution < 1.29 is 14.7 Å². The predicted molar refractivity (Wildman–Crippen MR) is 78.8 cm³/mol. The van der Waals surface area contributed by atoms with Gasteiger partial charge in [-0.2, -0.15) is 0 Å². The number of thiophene rings is 1. The van der Waals surface area contributed by atoms with Gasteiger partial charge in [0.15, 0.2) is 0 Å². The van der Waals surface area contributed by atoms with Crippen LogP contribution in [-0.2, 0) is 4.79 Å². The smallest absolute Gasteiger partial charge is 0.326 e. The van der Waals surface area contributed by atoms with Crippen LogP contribution in [0.15, 0.2) is 4.79 Å². The number of carbonyl (C=O) groups is 2. The summed E-state index contributed by atoms with van der Waals surface area (Å²) in [6.07, 6.45) is 0.259. The maximum absolute atomic E-state index is 12.6. The number of carboxylic acids is 1. The van der Waals surface area contributed by atoms with Gasteiger partial charge in [-0.15, -0.1) is 11.3 Å². The Bertz CT molecular complexity index is 806. The number of hydrogen-bond donors (Lipinski definition) is 2. The molecule has 2 aromatic rings. The molecule has 2 rings (SSSR count). The van der Waals surface area contributed by atoms with Crippen LogP contribution in [0.1, 0.15) is 40.4 Å². The van der Waals surface area contributed by atoms with Crippen LogP contribution in [-0.4, -0.2) is 26.5 Å². The molecule has 21 heavy (non-hydrogen) atoms. The highest BCUT2D eigenvalue weighted by molar-refractivity contribution is 7.20. The molecule has 0 radical (unpaired) electrons. The summed E-state index contributed by atoms with van der Waals surface area (Å²) in [6.45, 7) is 4.87. The second-order valence-electron chi connectivity index (χ2n) is 4.70. The van der Waals surface area contributed by atoms with Gasteiger partial charge in [-0.3, -0.25) is 14.2 Å². The molecule has 0 aromatic carbocycles. The van der Waals surface area contributed by atoms with Gasteiger partial charge in [0.2, 0.25) is 0 Å². The van der Waals surface area contributed by atoms with E-state index in [4.69, 9.17) is 5.73 Å². The number of aryl methyl sites for hydroxylation is 2. The van der Waals surface area contributed by atoms with Gasteiger partial charge in [0.25, 0.3) is 11.5 Å². The molecule has 2 aromatic heterocycles. The molecule has 0 spiro atoms. The number of nitrogens with zero attached hydrogens (tertiary/aromatic N) is 2. The first-order valence-corrected chi connectivity index (χ1v) is 7.16. The predicted octanol–water partition coefficient (Wildman–Crippen LogP) is 1.21. The SMILES string of the molecule is CCC(C(=O)O)n1c(C)nc2sc(C(N)=O)c(C)c2c1=O. The van der Waals surface area contributed by atoms with E-state index >= 15 is 0 Å². The molecular weight excluding hydrogens is 294 g/mol. The lowest BCUT2D eigenvalue weighted by atomic mass is 10.1. The maximum Gasteiger partial charge on any atom is 0.326 e. The van der Waals surface area contributed by atoms with E-state index < -0.39 is 23.5 Å². The topological polar surface area (TPSA) is 115 Å². The number of carbonyl (C=O) groups excluding carboxylic acids is 1. The minimum atomic E-state index is -1.09. The van der Waals surface area contributed by atoms with E-state index in [1.54, 1.807) is 20.8 Å². The number of aliphatic carboxylic acids is 1. The Labute approximate surface area is 124 Å². The van der Waals surface area contributed by atoms with Crippen LogP contribution in [0.5, 0.6) is 0 Å². The lowest BCUT2D eigenvalue weighted by Gasteiger charge is -2.16. The van der Waals surface area contributed by atoms with E-state index in [0.29, 0.717) is 16.2 Å². The molecule has 0 aliphatic heterocycles. The van der Waals surface area contributed by atoms with E-state index in [1.807, 2.05) is 0 Å². The van der Waals surface area contributed by atoms with E-state index in [1.165, 1.54) is 0 Å². The van der Waals surface area contributed by atoms with Gasteiger partial charge in [-0.1, -0.05) is 6.92 Å². The minimum absolute atomic E-state index is 0.259. The van der Waals surface area contributed by atoms with Gasteiger partial charge >= 0.3 is 5.97 Å². The van der Waals surface area contributed by atoms with E-state index in [9.17, 15) is 19.5 Å². The van der Waals surface area contributed by atoms with Crippen molar-refractivity contribution in [3.05, 3.63) is 26.6 Å². The highest BCUT2D eigenvalue weighted by Gasteiger charge is 2.25. The van der Waals surface area contributed by atoms with Gasteiger partial charge in [0.05, 0.1) is 10.3 Å². The first kappa shape index (κ1) is 15.2. The van der Waals surface area contributed by atoms with Crippen LogP contribution in [0, 0.1) is 13.8 Å². The first-order chi connectivity index (χ1) is 9.79. The van der Waals surface area contributed by atoms with Gasteiger partial charge in [0, 0.05) is 0 Å². The fourth-order valence-corrected chi connectivity index (χ4v) is 3.44. The molecule has 1 unspecified atom stereocenters. The summed E-state index contributed by atoms with van der Waals surface area (Å²) in [5, 5.41) is 9.51. The van der Waals surface area contributed by atoms with Crippen LogP contribution >= 0.6 is 11.3 Å². The van der Waals surface area contributed by atoms with Gasteiger partial charge in [-0.25, -0.2) is 9.78 Å². The molecule has 3 N–H and O–H groups in total. The zero-order valence-corrected chi connectivity index (χ0v) is 12.7. The number of primary amides is 1. The first-order valence-electron chi connectivity index (χ1n) is 6.34. The summed E-state index contributed by atoms with van der Waals surface area (Å²) >= 11 is 1.05. The second-order valence-corrected chi connectivity index (χ2v) is 5.70. The number of aromatic nitrogens is 2. The van der Waals surface area contributed by atoms with Crippen LogP contribution in [0.25, 0.3) is 10.2 Å². The van der Waals surface area contributed by atoms with Gasteiger partial charge in [-0.05, 0) is 25.8 Å². The van der Waals surface area contributed by atoms with Crippen LogP contribution in [0.4, 0.5) is 0 Å². The van der Waals surface area contributed by atoms with Crippen molar-refractivity contribution in [1.29, 1.82) is 0 Å². The summed E-state index contributed by atoms with van der Waals surface area (Å²) in [7, 11) is 0. The molecule has 1 amide bonds. The van der Waals surface area contributed by atoms with Gasteiger partial charge in [0.1, 0.15) is 16.7 Å². The van der Waals surface area contributed by atoms with E-state index in [0.717, 1.165) is 15.9 Å². The zero-order chi connectivity index (χ0) is 15.9. The molecule has 1 atom stereocenters. The highest BCUT2D eigenvalue weighted by Crippen LogP contribution is 2.27. The molecule has 2 heterocycles. The minimum Gasteiger partial charge on any atom is -0.480 e. The van der Waals surface area contributed by atoms with E-state index in [2.05, 4.69) is 4.98 Å². The van der Waals surface area contributed by atoms with Crippen molar-refractivity contribution in [3.63, 3.8) is 0 Å². The molecule has 0 fully saturated rings. The Balaban J connectivity index is 2.87. The molecule has 0 saturated carbocycles. The number of amides is 1. The Morgan fingerprint density at radius 3 is 2.52 bits per heavy atom. The van der Waals surface area contributed by atoms with Crippen molar-refractivity contribution in [3.8, 4) is 0 Å². The molecular formula is C13H15N3O4S. The Morgan fingerprint density at radius 1 is 1.43 bits per heavy atom. The molecule has 0 saturated heterocycles.